The number of halogens is 1. The average molecular weight is 403 g/mol. The molecule has 0 aliphatic rings. The van der Waals surface area contributed by atoms with Crippen LogP contribution in [-0.2, 0) is 11.4 Å². The normalized spacial score (nSPS) is 10.8. The van der Waals surface area contributed by atoms with Crippen LogP contribution in [0.4, 0.5) is 0 Å². The molecule has 27 heavy (non-hydrogen) atoms. The van der Waals surface area contributed by atoms with Gasteiger partial charge in [0, 0.05) is 5.02 Å². The van der Waals surface area contributed by atoms with Crippen LogP contribution in [0, 0.1) is 13.8 Å². The van der Waals surface area contributed by atoms with Gasteiger partial charge in [0.1, 0.15) is 12.4 Å². The van der Waals surface area contributed by atoms with Crippen molar-refractivity contribution in [3.8, 4) is 11.4 Å². The minimum absolute atomic E-state index is 0.126. The molecule has 0 spiro atoms. The SMILES string of the molecule is Cc1cccc(-n2c(COc3ccc(Cl)cc3)nnc2SCC(N)=O)c1C. The lowest BCUT2D eigenvalue weighted by Crippen LogP contribution is -2.14. The molecule has 3 rings (SSSR count). The number of amides is 1. The van der Waals surface area contributed by atoms with Gasteiger partial charge < -0.3 is 10.5 Å². The van der Waals surface area contributed by atoms with Gasteiger partial charge in [-0.2, -0.15) is 0 Å². The van der Waals surface area contributed by atoms with Crippen LogP contribution in [0.15, 0.2) is 47.6 Å². The van der Waals surface area contributed by atoms with Crippen molar-refractivity contribution in [3.63, 3.8) is 0 Å². The number of primary amides is 1. The summed E-state index contributed by atoms with van der Waals surface area (Å²) < 4.78 is 7.74. The Kier molecular flexibility index (Phi) is 6.03. The first-order chi connectivity index (χ1) is 13.0. The Morgan fingerprint density at radius 3 is 2.63 bits per heavy atom. The molecular formula is C19H19ClN4O2S. The van der Waals surface area contributed by atoms with Crippen LogP contribution in [0.3, 0.4) is 0 Å². The number of nitrogens with zero attached hydrogens (tertiary/aromatic N) is 3. The summed E-state index contributed by atoms with van der Waals surface area (Å²) in [5.41, 5.74) is 8.48. The first kappa shape index (κ1) is 19.3. The van der Waals surface area contributed by atoms with Crippen molar-refractivity contribution in [2.24, 2.45) is 5.73 Å². The fraction of sp³-hybridized carbons (Fsp3) is 0.211. The smallest absolute Gasteiger partial charge is 0.227 e. The number of aromatic nitrogens is 3. The highest BCUT2D eigenvalue weighted by atomic mass is 35.5. The number of carbonyl (C=O) groups excluding carboxylic acids is 1. The third-order valence-corrected chi connectivity index (χ3v) is 5.25. The first-order valence-corrected chi connectivity index (χ1v) is 9.62. The van der Waals surface area contributed by atoms with E-state index in [4.69, 9.17) is 22.1 Å². The Hall–Kier alpha value is -2.51. The number of carbonyl (C=O) groups is 1. The van der Waals surface area contributed by atoms with Gasteiger partial charge in [0.2, 0.25) is 5.91 Å². The van der Waals surface area contributed by atoms with E-state index in [2.05, 4.69) is 10.2 Å². The summed E-state index contributed by atoms with van der Waals surface area (Å²) in [6, 6.07) is 13.1. The van der Waals surface area contributed by atoms with Gasteiger partial charge in [0.05, 0.1) is 11.4 Å². The fourth-order valence-corrected chi connectivity index (χ4v) is 3.35. The predicted octanol–water partition coefficient (Wildman–Crippen LogP) is 3.69. The van der Waals surface area contributed by atoms with Crippen molar-refractivity contribution in [1.82, 2.24) is 14.8 Å². The van der Waals surface area contributed by atoms with Gasteiger partial charge in [-0.25, -0.2) is 0 Å². The van der Waals surface area contributed by atoms with Crippen LogP contribution in [0.2, 0.25) is 5.02 Å². The van der Waals surface area contributed by atoms with Crippen molar-refractivity contribution in [3.05, 3.63) is 64.4 Å². The fourth-order valence-electron chi connectivity index (χ4n) is 2.52. The number of benzene rings is 2. The van der Waals surface area contributed by atoms with Gasteiger partial charge in [-0.05, 0) is 55.3 Å². The summed E-state index contributed by atoms with van der Waals surface area (Å²) in [4.78, 5) is 11.2. The maximum Gasteiger partial charge on any atom is 0.227 e. The molecule has 0 radical (unpaired) electrons. The number of nitrogens with two attached hydrogens (primary N) is 1. The van der Waals surface area contributed by atoms with Crippen molar-refractivity contribution < 1.29 is 9.53 Å². The van der Waals surface area contributed by atoms with Crippen LogP contribution < -0.4 is 10.5 Å². The molecule has 0 fully saturated rings. The largest absolute Gasteiger partial charge is 0.486 e. The highest BCUT2D eigenvalue weighted by molar-refractivity contribution is 7.99. The highest BCUT2D eigenvalue weighted by Crippen LogP contribution is 2.26. The van der Waals surface area contributed by atoms with E-state index in [0.717, 1.165) is 16.8 Å². The summed E-state index contributed by atoms with van der Waals surface area (Å²) in [7, 11) is 0. The number of rotatable bonds is 7. The Labute approximate surface area is 166 Å². The molecule has 0 saturated heterocycles. The van der Waals surface area contributed by atoms with Crippen LogP contribution in [0.5, 0.6) is 5.75 Å². The van der Waals surface area contributed by atoms with E-state index in [1.54, 1.807) is 24.3 Å². The first-order valence-electron chi connectivity index (χ1n) is 8.26. The molecule has 0 aliphatic heterocycles. The van der Waals surface area contributed by atoms with Gasteiger partial charge in [0.25, 0.3) is 0 Å². The molecule has 1 heterocycles. The lowest BCUT2D eigenvalue weighted by molar-refractivity contribution is -0.115. The second kappa shape index (κ2) is 8.45. The van der Waals surface area contributed by atoms with Gasteiger partial charge in [-0.3, -0.25) is 9.36 Å². The van der Waals surface area contributed by atoms with E-state index in [-0.39, 0.29) is 12.4 Å². The van der Waals surface area contributed by atoms with Crippen LogP contribution in [-0.4, -0.2) is 26.4 Å². The van der Waals surface area contributed by atoms with Gasteiger partial charge >= 0.3 is 0 Å². The van der Waals surface area contributed by atoms with Gasteiger partial charge in [-0.15, -0.1) is 10.2 Å². The topological polar surface area (TPSA) is 83.0 Å². The molecule has 0 aliphatic carbocycles. The van der Waals surface area contributed by atoms with Crippen molar-refractivity contribution >= 4 is 29.3 Å². The monoisotopic (exact) mass is 402 g/mol. The second-order valence-electron chi connectivity index (χ2n) is 5.95. The van der Waals surface area contributed by atoms with E-state index in [9.17, 15) is 4.79 Å². The molecule has 0 unspecified atom stereocenters. The zero-order valence-electron chi connectivity index (χ0n) is 15.0. The minimum Gasteiger partial charge on any atom is -0.486 e. The molecule has 0 atom stereocenters. The predicted molar refractivity (Wildman–Crippen MR) is 107 cm³/mol. The molecule has 8 heteroatoms. The molecular weight excluding hydrogens is 384 g/mol. The standard InChI is InChI=1S/C19H19ClN4O2S/c1-12-4-3-5-16(13(12)2)24-18(22-23-19(24)27-11-17(21)25)10-26-15-8-6-14(20)7-9-15/h3-9H,10-11H2,1-2H3,(H2,21,25). The zero-order chi connectivity index (χ0) is 19.4. The van der Waals surface area contributed by atoms with Crippen molar-refractivity contribution in [1.29, 1.82) is 0 Å². The number of hydrogen-bond acceptors (Lipinski definition) is 5. The lowest BCUT2D eigenvalue weighted by atomic mass is 10.1. The Morgan fingerprint density at radius 2 is 1.93 bits per heavy atom. The van der Waals surface area contributed by atoms with E-state index in [1.807, 2.05) is 36.6 Å². The maximum atomic E-state index is 11.2. The van der Waals surface area contributed by atoms with Crippen LogP contribution >= 0.6 is 23.4 Å². The Morgan fingerprint density at radius 1 is 1.19 bits per heavy atom. The molecule has 0 saturated carbocycles. The minimum atomic E-state index is -0.408. The summed E-state index contributed by atoms with van der Waals surface area (Å²) in [5.74, 6) is 1.03. The lowest BCUT2D eigenvalue weighted by Gasteiger charge is -2.14. The van der Waals surface area contributed by atoms with Crippen LogP contribution in [0.1, 0.15) is 17.0 Å². The molecule has 0 bridgehead atoms. The molecule has 2 aromatic carbocycles. The summed E-state index contributed by atoms with van der Waals surface area (Å²) in [6.45, 7) is 4.31. The summed E-state index contributed by atoms with van der Waals surface area (Å²) in [5, 5.41) is 9.73. The third-order valence-electron chi connectivity index (χ3n) is 4.04. The van der Waals surface area contributed by atoms with Gasteiger partial charge in [0.15, 0.2) is 11.0 Å². The number of hydrogen-bond donors (Lipinski definition) is 1. The summed E-state index contributed by atoms with van der Waals surface area (Å²) in [6.07, 6.45) is 0. The third kappa shape index (κ3) is 4.61. The van der Waals surface area contributed by atoms with E-state index >= 15 is 0 Å². The number of thioether (sulfide) groups is 1. The van der Waals surface area contributed by atoms with Crippen molar-refractivity contribution in [2.45, 2.75) is 25.6 Å². The number of aryl methyl sites for hydroxylation is 1. The van der Waals surface area contributed by atoms with E-state index in [1.165, 1.54) is 11.8 Å². The molecule has 3 aromatic rings. The zero-order valence-corrected chi connectivity index (χ0v) is 16.5. The van der Waals surface area contributed by atoms with E-state index < -0.39 is 5.91 Å². The Bertz CT molecular complexity index is 957. The van der Waals surface area contributed by atoms with E-state index in [0.29, 0.717) is 21.8 Å². The van der Waals surface area contributed by atoms with Crippen LogP contribution in [0.25, 0.3) is 5.69 Å². The highest BCUT2D eigenvalue weighted by Gasteiger charge is 2.18. The Balaban J connectivity index is 1.94. The maximum absolute atomic E-state index is 11.2. The molecule has 140 valence electrons. The molecule has 1 aromatic heterocycles. The quantitative estimate of drug-likeness (QED) is 0.609. The average Bonchev–Trinajstić information content (AvgIpc) is 3.04. The molecule has 2 N–H and O–H groups in total. The molecule has 1 amide bonds. The summed E-state index contributed by atoms with van der Waals surface area (Å²) >= 11 is 7.16. The van der Waals surface area contributed by atoms with Crippen molar-refractivity contribution in [2.75, 3.05) is 5.75 Å². The van der Waals surface area contributed by atoms with Gasteiger partial charge in [-0.1, -0.05) is 35.5 Å². The number of ether oxygens (including phenoxy) is 1. The molecule has 6 nitrogen and oxygen atoms in total. The second-order valence-corrected chi connectivity index (χ2v) is 7.33.